The number of likely N-dealkylation sites (tertiary alicyclic amines) is 1. The molecule has 1 amide bonds. The van der Waals surface area contributed by atoms with Gasteiger partial charge in [0.15, 0.2) is 0 Å². The second-order valence-corrected chi connectivity index (χ2v) is 7.29. The topological polar surface area (TPSA) is 57.6 Å². The van der Waals surface area contributed by atoms with E-state index in [0.29, 0.717) is 0 Å². The van der Waals surface area contributed by atoms with E-state index >= 15 is 0 Å². The molecule has 1 fully saturated rings. The summed E-state index contributed by atoms with van der Waals surface area (Å²) in [6.07, 6.45) is 2.03. The molecule has 2 unspecified atom stereocenters. The van der Waals surface area contributed by atoms with E-state index in [1.165, 1.54) is 4.88 Å². The molecule has 2 heterocycles. The first-order chi connectivity index (χ1) is 9.86. The first-order valence-corrected chi connectivity index (χ1v) is 8.30. The Labute approximate surface area is 129 Å². The van der Waals surface area contributed by atoms with E-state index < -0.39 is 11.4 Å². The molecular weight excluding hydrogens is 286 g/mol. The highest BCUT2D eigenvalue weighted by molar-refractivity contribution is 7.10. The van der Waals surface area contributed by atoms with Gasteiger partial charge in [0.1, 0.15) is 0 Å². The first-order valence-electron chi connectivity index (χ1n) is 7.42. The molecular formula is C16H23NO3S. The number of aliphatic carboxylic acids is 1. The molecule has 1 aromatic heterocycles. The number of rotatable bonds is 5. The van der Waals surface area contributed by atoms with Gasteiger partial charge in [0, 0.05) is 17.8 Å². The highest BCUT2D eigenvalue weighted by Crippen LogP contribution is 2.38. The Morgan fingerprint density at radius 2 is 2.24 bits per heavy atom. The van der Waals surface area contributed by atoms with Crippen LogP contribution in [-0.4, -0.2) is 28.4 Å². The fourth-order valence-electron chi connectivity index (χ4n) is 2.78. The number of amides is 1. The lowest BCUT2D eigenvalue weighted by Crippen LogP contribution is -2.40. The number of carbonyl (C=O) groups is 2. The average molecular weight is 309 g/mol. The fourth-order valence-corrected chi connectivity index (χ4v) is 3.66. The van der Waals surface area contributed by atoms with Gasteiger partial charge >= 0.3 is 5.97 Å². The summed E-state index contributed by atoms with van der Waals surface area (Å²) in [5.74, 6) is -1.01. The molecule has 21 heavy (non-hydrogen) atoms. The van der Waals surface area contributed by atoms with Crippen LogP contribution in [0.15, 0.2) is 17.5 Å². The molecule has 0 spiro atoms. The van der Waals surface area contributed by atoms with Crippen LogP contribution in [0.25, 0.3) is 0 Å². The second kappa shape index (κ2) is 6.18. The highest BCUT2D eigenvalue weighted by Gasteiger charge is 2.41. The maximum atomic E-state index is 12.6. The van der Waals surface area contributed by atoms with Crippen molar-refractivity contribution in [2.45, 2.75) is 46.1 Å². The van der Waals surface area contributed by atoms with E-state index in [4.69, 9.17) is 0 Å². The van der Waals surface area contributed by atoms with Crippen molar-refractivity contribution >= 4 is 23.2 Å². The number of hydrogen-bond donors (Lipinski definition) is 1. The Hall–Kier alpha value is -1.36. The quantitative estimate of drug-likeness (QED) is 0.905. The van der Waals surface area contributed by atoms with Gasteiger partial charge in [0.05, 0.1) is 11.5 Å². The zero-order valence-corrected chi connectivity index (χ0v) is 13.7. The van der Waals surface area contributed by atoms with Crippen molar-refractivity contribution in [1.82, 2.24) is 4.90 Å². The van der Waals surface area contributed by atoms with Crippen molar-refractivity contribution in [3.8, 4) is 0 Å². The Balaban J connectivity index is 2.14. The van der Waals surface area contributed by atoms with Gasteiger partial charge in [-0.05, 0) is 37.1 Å². The van der Waals surface area contributed by atoms with E-state index in [2.05, 4.69) is 6.07 Å². The zero-order valence-electron chi connectivity index (χ0n) is 12.8. The first kappa shape index (κ1) is 16.0. The zero-order chi connectivity index (χ0) is 15.6. The molecule has 1 aliphatic heterocycles. The van der Waals surface area contributed by atoms with Crippen LogP contribution in [0.3, 0.4) is 0 Å². The van der Waals surface area contributed by atoms with E-state index in [9.17, 15) is 14.7 Å². The predicted octanol–water partition coefficient (Wildman–Crippen LogP) is 3.55. The summed E-state index contributed by atoms with van der Waals surface area (Å²) in [4.78, 5) is 27.3. The Kier molecular flexibility index (Phi) is 4.71. The normalized spacial score (nSPS) is 21.5. The number of carboxylic acid groups (broad SMARTS) is 1. The van der Waals surface area contributed by atoms with E-state index in [0.717, 1.165) is 19.4 Å². The second-order valence-electron chi connectivity index (χ2n) is 6.31. The van der Waals surface area contributed by atoms with Gasteiger partial charge in [-0.25, -0.2) is 0 Å². The van der Waals surface area contributed by atoms with E-state index in [1.807, 2.05) is 30.2 Å². The molecule has 1 aromatic rings. The van der Waals surface area contributed by atoms with Gasteiger partial charge in [-0.2, -0.15) is 0 Å². The lowest BCUT2D eigenvalue weighted by atomic mass is 9.76. The number of carboxylic acids is 1. The van der Waals surface area contributed by atoms with Gasteiger partial charge in [0.2, 0.25) is 5.91 Å². The number of thiophene rings is 1. The van der Waals surface area contributed by atoms with Crippen LogP contribution in [0.5, 0.6) is 0 Å². The van der Waals surface area contributed by atoms with Crippen LogP contribution < -0.4 is 0 Å². The van der Waals surface area contributed by atoms with Crippen molar-refractivity contribution in [2.75, 3.05) is 6.54 Å². The smallest absolute Gasteiger partial charge is 0.310 e. The third-order valence-corrected chi connectivity index (χ3v) is 5.70. The Morgan fingerprint density at radius 3 is 2.76 bits per heavy atom. The number of nitrogens with zero attached hydrogens (tertiary/aromatic N) is 1. The molecule has 2 atom stereocenters. The molecule has 116 valence electrons. The SMILES string of the molecule is CC(C)C(C)(CC(=O)N1CCCC1c1cccs1)C(=O)O. The van der Waals surface area contributed by atoms with Gasteiger partial charge in [-0.1, -0.05) is 19.9 Å². The lowest BCUT2D eigenvalue weighted by Gasteiger charge is -2.32. The van der Waals surface area contributed by atoms with Crippen molar-refractivity contribution in [3.63, 3.8) is 0 Å². The highest BCUT2D eigenvalue weighted by atomic mass is 32.1. The van der Waals surface area contributed by atoms with Crippen LogP contribution in [0.1, 0.15) is 51.0 Å². The van der Waals surface area contributed by atoms with E-state index in [-0.39, 0.29) is 24.3 Å². The van der Waals surface area contributed by atoms with Gasteiger partial charge < -0.3 is 10.0 Å². The molecule has 0 aliphatic carbocycles. The number of carbonyl (C=O) groups excluding carboxylic acids is 1. The van der Waals surface area contributed by atoms with Crippen LogP contribution in [0, 0.1) is 11.3 Å². The molecule has 1 saturated heterocycles. The van der Waals surface area contributed by atoms with Gasteiger partial charge in [-0.3, -0.25) is 9.59 Å². The molecule has 0 radical (unpaired) electrons. The monoisotopic (exact) mass is 309 g/mol. The minimum atomic E-state index is -1.00. The minimum absolute atomic E-state index is 0.0375. The molecule has 0 bridgehead atoms. The summed E-state index contributed by atoms with van der Waals surface area (Å²) < 4.78 is 0. The van der Waals surface area contributed by atoms with Crippen molar-refractivity contribution in [1.29, 1.82) is 0 Å². The average Bonchev–Trinajstić information content (AvgIpc) is 3.08. The predicted molar refractivity (Wildman–Crippen MR) is 83.2 cm³/mol. The Bertz CT molecular complexity index is 512. The molecule has 4 nitrogen and oxygen atoms in total. The molecule has 1 N–H and O–H groups in total. The molecule has 1 aliphatic rings. The molecule has 5 heteroatoms. The standard InChI is InChI=1S/C16H23NO3S/c1-11(2)16(3,15(19)20)10-14(18)17-8-4-6-12(17)13-7-5-9-21-13/h5,7,9,11-12H,4,6,8,10H2,1-3H3,(H,19,20). The molecule has 0 saturated carbocycles. The summed E-state index contributed by atoms with van der Waals surface area (Å²) in [7, 11) is 0. The van der Waals surface area contributed by atoms with E-state index in [1.54, 1.807) is 18.3 Å². The third-order valence-electron chi connectivity index (χ3n) is 4.73. The van der Waals surface area contributed by atoms with Crippen LogP contribution >= 0.6 is 11.3 Å². The third kappa shape index (κ3) is 3.12. The maximum Gasteiger partial charge on any atom is 0.310 e. The lowest BCUT2D eigenvalue weighted by molar-refractivity contribution is -0.155. The minimum Gasteiger partial charge on any atom is -0.481 e. The summed E-state index contributed by atoms with van der Waals surface area (Å²) >= 11 is 1.66. The Morgan fingerprint density at radius 1 is 1.52 bits per heavy atom. The van der Waals surface area contributed by atoms with Crippen LogP contribution in [0.2, 0.25) is 0 Å². The van der Waals surface area contributed by atoms with Crippen molar-refractivity contribution < 1.29 is 14.7 Å². The maximum absolute atomic E-state index is 12.6. The fraction of sp³-hybridized carbons (Fsp3) is 0.625. The largest absolute Gasteiger partial charge is 0.481 e. The van der Waals surface area contributed by atoms with Crippen LogP contribution in [0.4, 0.5) is 0 Å². The van der Waals surface area contributed by atoms with Crippen molar-refractivity contribution in [3.05, 3.63) is 22.4 Å². The molecule has 0 aromatic carbocycles. The number of hydrogen-bond acceptors (Lipinski definition) is 3. The van der Waals surface area contributed by atoms with Crippen molar-refractivity contribution in [2.24, 2.45) is 11.3 Å². The summed E-state index contributed by atoms with van der Waals surface area (Å²) in [5, 5.41) is 11.5. The van der Waals surface area contributed by atoms with Crippen LogP contribution in [-0.2, 0) is 9.59 Å². The van der Waals surface area contributed by atoms with Gasteiger partial charge in [0.25, 0.3) is 0 Å². The summed E-state index contributed by atoms with van der Waals surface area (Å²) in [5.41, 5.74) is -1.00. The molecule has 2 rings (SSSR count). The summed E-state index contributed by atoms with van der Waals surface area (Å²) in [6.45, 7) is 6.13. The summed E-state index contributed by atoms with van der Waals surface area (Å²) in [6, 6.07) is 4.18. The van der Waals surface area contributed by atoms with Gasteiger partial charge in [-0.15, -0.1) is 11.3 Å².